The number of hydrogen-bond acceptors (Lipinski definition) is 7. The molecule has 0 aliphatic heterocycles. The monoisotopic (exact) mass is 736 g/mol. The fourth-order valence-corrected chi connectivity index (χ4v) is 4.96. The third-order valence-corrected chi connectivity index (χ3v) is 7.70. The van der Waals surface area contributed by atoms with E-state index in [0.717, 1.165) is 56.7 Å². The highest BCUT2D eigenvalue weighted by Gasteiger charge is 2.42. The number of carbonyl (C=O) groups excluding carboxylic acids is 2. The number of alkyl halides is 2. The van der Waals surface area contributed by atoms with Crippen molar-refractivity contribution < 1.29 is 59.6 Å². The number of ether oxygens (including phenoxy) is 5. The van der Waals surface area contributed by atoms with Crippen LogP contribution in [0.25, 0.3) is 11.1 Å². The van der Waals surface area contributed by atoms with Crippen LogP contribution in [0.5, 0.6) is 17.2 Å². The topological polar surface area (TPSA) is 80.3 Å². The van der Waals surface area contributed by atoms with Crippen molar-refractivity contribution in [3.63, 3.8) is 0 Å². The van der Waals surface area contributed by atoms with Crippen LogP contribution in [0.4, 0.5) is 26.3 Å². The lowest BCUT2D eigenvalue weighted by Gasteiger charge is -2.21. The van der Waals surface area contributed by atoms with E-state index in [1.54, 1.807) is 12.1 Å². The Bertz CT molecular complexity index is 1610. The molecule has 0 heterocycles. The minimum absolute atomic E-state index is 0.0149. The zero-order chi connectivity index (χ0) is 37.9. The van der Waals surface area contributed by atoms with Crippen molar-refractivity contribution in [3.05, 3.63) is 103 Å². The Morgan fingerprint density at radius 2 is 1.02 bits per heavy atom. The van der Waals surface area contributed by atoms with Crippen LogP contribution in [0.15, 0.2) is 73.8 Å². The van der Waals surface area contributed by atoms with E-state index in [2.05, 4.69) is 17.9 Å². The van der Waals surface area contributed by atoms with Crippen molar-refractivity contribution in [2.24, 2.45) is 0 Å². The third kappa shape index (κ3) is 13.3. The Balaban J connectivity index is 1.48. The van der Waals surface area contributed by atoms with Gasteiger partial charge in [-0.1, -0.05) is 51.0 Å². The van der Waals surface area contributed by atoms with E-state index in [9.17, 15) is 27.2 Å². The van der Waals surface area contributed by atoms with Crippen LogP contribution in [0.1, 0.15) is 69.8 Å². The van der Waals surface area contributed by atoms with Crippen molar-refractivity contribution in [2.45, 2.75) is 70.3 Å². The molecule has 0 aliphatic rings. The first-order valence-electron chi connectivity index (χ1n) is 17.0. The summed E-state index contributed by atoms with van der Waals surface area (Å²) in [5, 5.41) is 0. The minimum Gasteiger partial charge on any atom is -0.494 e. The van der Waals surface area contributed by atoms with Crippen molar-refractivity contribution in [2.75, 3.05) is 26.4 Å². The fraction of sp³-hybridized carbons (Fsp3) is 0.385. The fourth-order valence-electron chi connectivity index (χ4n) is 4.96. The van der Waals surface area contributed by atoms with Crippen LogP contribution in [0.2, 0.25) is 0 Å². The molecule has 0 bridgehead atoms. The smallest absolute Gasteiger partial charge is 0.432 e. The van der Waals surface area contributed by atoms with Crippen molar-refractivity contribution in [3.8, 4) is 28.4 Å². The minimum atomic E-state index is -4.71. The van der Waals surface area contributed by atoms with E-state index in [-0.39, 0.29) is 18.8 Å². The van der Waals surface area contributed by atoms with Crippen molar-refractivity contribution in [1.29, 1.82) is 0 Å². The molecule has 0 atom stereocenters. The lowest BCUT2D eigenvalue weighted by atomic mass is 10.0. The lowest BCUT2D eigenvalue weighted by Crippen LogP contribution is -2.26. The van der Waals surface area contributed by atoms with Gasteiger partial charge in [-0.3, -0.25) is 0 Å². The summed E-state index contributed by atoms with van der Waals surface area (Å²) in [6.45, 7) is 7.64. The molecule has 0 aromatic heterocycles. The van der Waals surface area contributed by atoms with Gasteiger partial charge in [0.1, 0.15) is 22.9 Å². The zero-order valence-corrected chi connectivity index (χ0v) is 28.7. The number of halogens is 6. The number of hydrogen-bond donors (Lipinski definition) is 0. The molecule has 52 heavy (non-hydrogen) atoms. The predicted octanol–water partition coefficient (Wildman–Crippen LogP) is 10.2. The van der Waals surface area contributed by atoms with Gasteiger partial charge < -0.3 is 23.7 Å². The summed E-state index contributed by atoms with van der Waals surface area (Å²) in [6, 6.07) is 9.13. The molecular weight excluding hydrogens is 694 g/mol. The average Bonchev–Trinajstić information content (AvgIpc) is 3.12. The van der Waals surface area contributed by atoms with E-state index in [1.807, 2.05) is 0 Å². The highest BCUT2D eigenvalue weighted by Crippen LogP contribution is 2.39. The maximum Gasteiger partial charge on any atom is 0.432 e. The second-order valence-corrected chi connectivity index (χ2v) is 11.6. The van der Waals surface area contributed by atoms with E-state index in [1.165, 1.54) is 12.1 Å². The summed E-state index contributed by atoms with van der Waals surface area (Å²) < 4.78 is 114. The molecule has 3 aromatic carbocycles. The molecule has 0 spiro atoms. The molecule has 7 nitrogen and oxygen atoms in total. The van der Waals surface area contributed by atoms with Gasteiger partial charge in [-0.05, 0) is 86.1 Å². The number of unbranched alkanes of at least 4 members (excludes halogenated alkanes) is 8. The molecule has 0 amide bonds. The van der Waals surface area contributed by atoms with Crippen molar-refractivity contribution >= 4 is 11.9 Å². The summed E-state index contributed by atoms with van der Waals surface area (Å²) >= 11 is 0. The summed E-state index contributed by atoms with van der Waals surface area (Å²) in [5.41, 5.74) is -1.50. The molecule has 282 valence electrons. The summed E-state index contributed by atoms with van der Waals surface area (Å²) in [4.78, 5) is 22.0. The van der Waals surface area contributed by atoms with Gasteiger partial charge in [-0.2, -0.15) is 17.6 Å². The molecule has 13 heteroatoms. The Morgan fingerprint density at radius 3 is 1.54 bits per heavy atom. The quantitative estimate of drug-likeness (QED) is 0.0392. The van der Waals surface area contributed by atoms with Gasteiger partial charge in [-0.15, -0.1) is 0 Å². The van der Waals surface area contributed by atoms with Crippen LogP contribution in [-0.2, 0) is 25.2 Å². The zero-order valence-electron chi connectivity index (χ0n) is 28.7. The predicted molar refractivity (Wildman–Crippen MR) is 182 cm³/mol. The molecule has 0 N–H and O–H groups in total. The van der Waals surface area contributed by atoms with Gasteiger partial charge in [0.15, 0.2) is 11.5 Å². The van der Waals surface area contributed by atoms with E-state index >= 15 is 8.78 Å². The number of benzene rings is 3. The second kappa shape index (κ2) is 21.4. The van der Waals surface area contributed by atoms with Gasteiger partial charge >= 0.3 is 18.0 Å². The summed E-state index contributed by atoms with van der Waals surface area (Å²) in [6.07, 6.45) is 5.24. The SMILES string of the molecule is C=CC(=O)OCCCCCCCCOc1ccc(-c2cc(F)c(C(F)(F)Oc3ccc(OCCCCCCOC(=O)C=C)c(F)c3F)c(F)c2)cc1. The van der Waals surface area contributed by atoms with Crippen LogP contribution >= 0.6 is 0 Å². The van der Waals surface area contributed by atoms with Gasteiger partial charge in [0.25, 0.3) is 0 Å². The molecule has 3 aromatic rings. The average molecular weight is 737 g/mol. The summed E-state index contributed by atoms with van der Waals surface area (Å²) in [7, 11) is 0. The van der Waals surface area contributed by atoms with Gasteiger partial charge in [0.2, 0.25) is 11.6 Å². The van der Waals surface area contributed by atoms with Gasteiger partial charge in [0, 0.05) is 12.2 Å². The molecule has 0 saturated heterocycles. The lowest BCUT2D eigenvalue weighted by molar-refractivity contribution is -0.191. The Hall–Kier alpha value is -4.94. The van der Waals surface area contributed by atoms with Gasteiger partial charge in [0.05, 0.1) is 26.4 Å². The third-order valence-electron chi connectivity index (χ3n) is 7.70. The normalized spacial score (nSPS) is 11.1. The first kappa shape index (κ1) is 41.5. The number of carbonyl (C=O) groups is 2. The maximum atomic E-state index is 15.0. The molecule has 0 fully saturated rings. The largest absolute Gasteiger partial charge is 0.494 e. The van der Waals surface area contributed by atoms with E-state index in [0.29, 0.717) is 68.4 Å². The Kier molecular flexibility index (Phi) is 17.1. The molecule has 0 aliphatic carbocycles. The second-order valence-electron chi connectivity index (χ2n) is 11.6. The number of rotatable bonds is 24. The molecule has 0 unspecified atom stereocenters. The van der Waals surface area contributed by atoms with Crippen LogP contribution in [-0.4, -0.2) is 38.4 Å². The highest BCUT2D eigenvalue weighted by atomic mass is 19.3. The van der Waals surface area contributed by atoms with Crippen LogP contribution in [0, 0.1) is 23.3 Å². The molecular formula is C39H42F6O7. The Labute approximate surface area is 299 Å². The van der Waals surface area contributed by atoms with E-state index in [4.69, 9.17) is 18.9 Å². The molecule has 3 rings (SSSR count). The first-order chi connectivity index (χ1) is 25.0. The number of esters is 2. The standard InChI is InChI=1S/C39H42F6O7/c1-3-34(46)50-23-13-8-6-5-7-11-21-48-29-17-15-27(16-18-29)28-25-30(40)36(31(41)26-28)39(44,45)52-33-20-19-32(37(42)38(33)43)49-22-12-9-10-14-24-51-35(47)4-2/h3-4,15-20,25-26H,1-2,5-14,21-24H2. The Morgan fingerprint density at radius 1 is 0.577 bits per heavy atom. The van der Waals surface area contributed by atoms with E-state index < -0.39 is 58.4 Å². The molecule has 0 radical (unpaired) electrons. The van der Waals surface area contributed by atoms with Crippen molar-refractivity contribution in [1.82, 2.24) is 0 Å². The summed E-state index contributed by atoms with van der Waals surface area (Å²) in [5.74, 6) is -9.01. The maximum absolute atomic E-state index is 15.0. The van der Waals surface area contributed by atoms with Crippen LogP contribution < -0.4 is 14.2 Å². The van der Waals surface area contributed by atoms with Gasteiger partial charge in [-0.25, -0.2) is 18.4 Å². The van der Waals surface area contributed by atoms with Crippen LogP contribution in [0.3, 0.4) is 0 Å². The molecule has 0 saturated carbocycles. The first-order valence-corrected chi connectivity index (χ1v) is 17.0. The highest BCUT2D eigenvalue weighted by molar-refractivity contribution is 5.81.